The van der Waals surface area contributed by atoms with Gasteiger partial charge >= 0.3 is 0 Å². The van der Waals surface area contributed by atoms with E-state index in [1.165, 1.54) is 41.9 Å². The van der Waals surface area contributed by atoms with Crippen LogP contribution in [0.2, 0.25) is 0 Å². The van der Waals surface area contributed by atoms with E-state index in [1.807, 2.05) is 0 Å². The lowest BCUT2D eigenvalue weighted by Crippen LogP contribution is -2.30. The number of rotatable bonds is 7. The maximum Gasteiger partial charge on any atom is 0.0555 e. The zero-order valence-corrected chi connectivity index (χ0v) is 15.5. The molecule has 1 aromatic rings. The maximum atomic E-state index is 6.70. The summed E-state index contributed by atoms with van der Waals surface area (Å²) in [5, 5.41) is 0.917. The Hall–Kier alpha value is -1.51. The molecule has 0 unspecified atom stereocenters. The van der Waals surface area contributed by atoms with E-state index in [0.717, 1.165) is 31.1 Å². The van der Waals surface area contributed by atoms with E-state index in [2.05, 4.69) is 66.1 Å². The van der Waals surface area contributed by atoms with Gasteiger partial charge in [-0.25, -0.2) is 0 Å². The summed E-state index contributed by atoms with van der Waals surface area (Å²) in [4.78, 5) is 4.96. The third-order valence-corrected chi connectivity index (χ3v) is 5.44. The summed E-state index contributed by atoms with van der Waals surface area (Å²) in [6, 6.07) is 8.52. The molecule has 0 spiro atoms. The first-order valence-electron chi connectivity index (χ1n) is 9.11. The summed E-state index contributed by atoms with van der Waals surface area (Å²) in [6.45, 7) is 8.99. The van der Waals surface area contributed by atoms with E-state index in [0.29, 0.717) is 0 Å². The van der Waals surface area contributed by atoms with E-state index in [1.54, 1.807) is 0 Å². The normalized spacial score (nSPS) is 16.3. The van der Waals surface area contributed by atoms with Crippen molar-refractivity contribution in [3.05, 3.63) is 59.3 Å². The Morgan fingerprint density at radius 3 is 2.71 bits per heavy atom. The molecule has 0 aromatic heterocycles. The molecule has 2 nitrogen and oxygen atoms in total. The van der Waals surface area contributed by atoms with Crippen LogP contribution in [0.25, 0.3) is 5.03 Å². The van der Waals surface area contributed by atoms with Crippen LogP contribution in [0.15, 0.2) is 53.8 Å². The second-order valence-corrected chi connectivity index (χ2v) is 6.76. The molecule has 0 bridgehead atoms. The zero-order valence-electron chi connectivity index (χ0n) is 14.8. The lowest BCUT2D eigenvalue weighted by Gasteiger charge is -2.36. The quantitative estimate of drug-likeness (QED) is 0.610. The maximum absolute atomic E-state index is 6.70. The van der Waals surface area contributed by atoms with Gasteiger partial charge in [0.25, 0.3) is 0 Å². The van der Waals surface area contributed by atoms with Crippen LogP contribution in [0.4, 0.5) is 5.69 Å². The molecule has 1 aliphatic heterocycles. The number of anilines is 1. The number of para-hydroxylation sites is 1. The molecule has 2 aliphatic rings. The number of fused-ring (bicyclic) bond motifs is 2. The van der Waals surface area contributed by atoms with Crippen LogP contribution < -0.4 is 4.90 Å². The van der Waals surface area contributed by atoms with Gasteiger partial charge in [0.2, 0.25) is 0 Å². The minimum absolute atomic E-state index is 0.917. The minimum atomic E-state index is 0.917. The molecule has 0 radical (unpaired) electrons. The van der Waals surface area contributed by atoms with Crippen molar-refractivity contribution in [1.82, 2.24) is 4.90 Å². The highest BCUT2D eigenvalue weighted by Gasteiger charge is 2.27. The highest BCUT2D eigenvalue weighted by atomic mass is 35.5. The fraction of sp³-hybridized carbons (Fsp3) is 0.429. The molecule has 3 rings (SSSR count). The number of nitrogens with zero attached hydrogens (tertiary/aromatic N) is 2. The smallest absolute Gasteiger partial charge is 0.0555 e. The second kappa shape index (κ2) is 8.04. The highest BCUT2D eigenvalue weighted by molar-refractivity contribution is 6.50. The summed E-state index contributed by atoms with van der Waals surface area (Å²) in [5.41, 5.74) is 4.96. The average molecular weight is 343 g/mol. The van der Waals surface area contributed by atoms with Gasteiger partial charge in [0.1, 0.15) is 0 Å². The third-order valence-electron chi connectivity index (χ3n) is 5.01. The lowest BCUT2D eigenvalue weighted by atomic mass is 9.93. The van der Waals surface area contributed by atoms with Crippen molar-refractivity contribution in [1.29, 1.82) is 0 Å². The standard InChI is InChI=1S/C21H27ClN2/c1-3-23(4-2)15-9-10-16-24-19-13-7-5-11-17(19)21(22)18-12-6-8-14-20(18)24/h5-8,11,13-14H,3-4,9-10,12,15-16H2,1-2H3. The van der Waals surface area contributed by atoms with Crippen LogP contribution in [0.3, 0.4) is 0 Å². The monoisotopic (exact) mass is 342 g/mol. The van der Waals surface area contributed by atoms with Crippen LogP contribution >= 0.6 is 11.6 Å². The van der Waals surface area contributed by atoms with Crippen LogP contribution in [0, 0.1) is 0 Å². The Labute approximate surface area is 151 Å². The third kappa shape index (κ3) is 3.45. The van der Waals surface area contributed by atoms with Crippen molar-refractivity contribution in [3.8, 4) is 0 Å². The molecule has 0 amide bonds. The second-order valence-electron chi connectivity index (χ2n) is 6.38. The number of hydrogen-bond acceptors (Lipinski definition) is 2. The van der Waals surface area contributed by atoms with Gasteiger partial charge in [0, 0.05) is 23.5 Å². The van der Waals surface area contributed by atoms with Gasteiger partial charge in [-0.3, -0.25) is 0 Å². The Kier molecular flexibility index (Phi) is 5.80. The number of hydrogen-bond donors (Lipinski definition) is 0. The first-order chi connectivity index (χ1) is 11.8. The summed E-state index contributed by atoms with van der Waals surface area (Å²) in [5.74, 6) is 0. The molecule has 1 aliphatic carbocycles. The van der Waals surface area contributed by atoms with Gasteiger partial charge in [-0.05, 0) is 56.6 Å². The number of unbranched alkanes of at least 4 members (excludes halogenated alkanes) is 1. The highest BCUT2D eigenvalue weighted by Crippen LogP contribution is 2.44. The SMILES string of the molecule is CCN(CC)CCCCN1C2=CC=CCC2=C(Cl)c2ccccc21. The number of halogens is 1. The molecule has 0 saturated heterocycles. The van der Waals surface area contributed by atoms with Gasteiger partial charge in [0.05, 0.1) is 5.03 Å². The van der Waals surface area contributed by atoms with Crippen LogP contribution in [0.1, 0.15) is 38.7 Å². The molecule has 0 saturated carbocycles. The first kappa shape index (κ1) is 17.3. The van der Waals surface area contributed by atoms with E-state index in [9.17, 15) is 0 Å². The van der Waals surface area contributed by atoms with Crippen molar-refractivity contribution >= 4 is 22.3 Å². The van der Waals surface area contributed by atoms with Crippen LogP contribution in [0.5, 0.6) is 0 Å². The minimum Gasteiger partial charge on any atom is -0.341 e. The van der Waals surface area contributed by atoms with Crippen molar-refractivity contribution in [3.63, 3.8) is 0 Å². The Morgan fingerprint density at radius 1 is 1.12 bits per heavy atom. The Bertz CT molecular complexity index is 668. The van der Waals surface area contributed by atoms with Crippen LogP contribution in [-0.2, 0) is 0 Å². The largest absolute Gasteiger partial charge is 0.341 e. The van der Waals surface area contributed by atoms with E-state index in [4.69, 9.17) is 11.6 Å². The molecule has 0 N–H and O–H groups in total. The van der Waals surface area contributed by atoms with Crippen LogP contribution in [-0.4, -0.2) is 31.1 Å². The fourth-order valence-corrected chi connectivity index (χ4v) is 3.91. The van der Waals surface area contributed by atoms with Gasteiger partial charge in [-0.15, -0.1) is 0 Å². The molecule has 128 valence electrons. The van der Waals surface area contributed by atoms with Crippen molar-refractivity contribution in [2.45, 2.75) is 33.1 Å². The molecular weight excluding hydrogens is 316 g/mol. The first-order valence-corrected chi connectivity index (χ1v) is 9.49. The molecule has 3 heteroatoms. The fourth-order valence-electron chi connectivity index (χ4n) is 3.58. The van der Waals surface area contributed by atoms with Gasteiger partial charge in [0.15, 0.2) is 0 Å². The molecule has 0 fully saturated rings. The number of benzene rings is 1. The van der Waals surface area contributed by atoms with Gasteiger partial charge < -0.3 is 9.80 Å². The summed E-state index contributed by atoms with van der Waals surface area (Å²) in [6.07, 6.45) is 9.90. The van der Waals surface area contributed by atoms with E-state index in [-0.39, 0.29) is 0 Å². The Morgan fingerprint density at radius 2 is 1.92 bits per heavy atom. The van der Waals surface area contributed by atoms with Gasteiger partial charge in [-0.1, -0.05) is 55.8 Å². The molecule has 24 heavy (non-hydrogen) atoms. The zero-order chi connectivity index (χ0) is 16.9. The average Bonchev–Trinajstić information content (AvgIpc) is 2.64. The Balaban J connectivity index is 1.76. The predicted molar refractivity (Wildman–Crippen MR) is 105 cm³/mol. The summed E-state index contributed by atoms with van der Waals surface area (Å²) in [7, 11) is 0. The van der Waals surface area contributed by atoms with Crippen molar-refractivity contribution in [2.24, 2.45) is 0 Å². The molecule has 1 heterocycles. The lowest BCUT2D eigenvalue weighted by molar-refractivity contribution is 0.297. The van der Waals surface area contributed by atoms with E-state index < -0.39 is 0 Å². The van der Waals surface area contributed by atoms with Crippen molar-refractivity contribution < 1.29 is 0 Å². The number of allylic oxidation sites excluding steroid dienone is 4. The molecular formula is C21H27ClN2. The topological polar surface area (TPSA) is 6.48 Å². The molecule has 0 atom stereocenters. The molecule has 1 aromatic carbocycles. The summed E-state index contributed by atoms with van der Waals surface area (Å²) < 4.78 is 0. The van der Waals surface area contributed by atoms with Crippen molar-refractivity contribution in [2.75, 3.05) is 31.1 Å². The summed E-state index contributed by atoms with van der Waals surface area (Å²) >= 11 is 6.70. The van der Waals surface area contributed by atoms with E-state index >= 15 is 0 Å². The predicted octanol–water partition coefficient (Wildman–Crippen LogP) is 5.42. The van der Waals surface area contributed by atoms with Gasteiger partial charge in [-0.2, -0.15) is 0 Å².